The van der Waals surface area contributed by atoms with Gasteiger partial charge in [0, 0.05) is 23.9 Å². The maximum absolute atomic E-state index is 12.7. The monoisotopic (exact) mass is 439 g/mol. The van der Waals surface area contributed by atoms with E-state index in [-0.39, 0.29) is 17.6 Å². The third kappa shape index (κ3) is 4.61. The molecule has 9 heteroatoms. The molecule has 0 radical (unpaired) electrons. The summed E-state index contributed by atoms with van der Waals surface area (Å²) in [5.74, 6) is 1.03. The fraction of sp³-hybridized carbons (Fsp3) is 0.227. The van der Waals surface area contributed by atoms with E-state index in [0.29, 0.717) is 36.1 Å². The lowest BCUT2D eigenvalue weighted by molar-refractivity contribution is -0.126. The Labute approximate surface area is 183 Å². The minimum atomic E-state index is -0.345. The molecule has 0 saturated carbocycles. The molecule has 0 fully saturated rings. The molecule has 1 aromatic carbocycles. The van der Waals surface area contributed by atoms with Crippen LogP contribution >= 0.6 is 11.3 Å². The first kappa shape index (κ1) is 20.7. The van der Waals surface area contributed by atoms with Crippen LogP contribution in [0.3, 0.4) is 0 Å². The van der Waals surface area contributed by atoms with Crippen molar-refractivity contribution in [1.82, 2.24) is 9.88 Å². The molecule has 0 unspecified atom stereocenters. The Morgan fingerprint density at radius 2 is 2.06 bits per heavy atom. The maximum atomic E-state index is 12.7. The Bertz CT molecular complexity index is 1120. The highest BCUT2D eigenvalue weighted by molar-refractivity contribution is 7.15. The number of nitrogens with zero attached hydrogens (tertiary/aromatic N) is 2. The number of thiazole rings is 1. The van der Waals surface area contributed by atoms with E-state index in [4.69, 9.17) is 13.9 Å². The second kappa shape index (κ2) is 9.05. The Morgan fingerprint density at radius 1 is 1.23 bits per heavy atom. The molecule has 3 heterocycles. The SMILES string of the molecule is COc1ccc(C=CC(=O)N2CCc3nc(NC(=O)c4ccco4)sc3C2)cc1OC. The summed E-state index contributed by atoms with van der Waals surface area (Å²) in [6.45, 7) is 1.02. The van der Waals surface area contributed by atoms with E-state index in [1.165, 1.54) is 17.6 Å². The number of hydrogen-bond acceptors (Lipinski definition) is 7. The van der Waals surface area contributed by atoms with Gasteiger partial charge in [0.25, 0.3) is 5.91 Å². The number of amides is 2. The van der Waals surface area contributed by atoms with Gasteiger partial charge in [-0.2, -0.15) is 0 Å². The molecule has 0 spiro atoms. The molecular weight excluding hydrogens is 418 g/mol. The lowest BCUT2D eigenvalue weighted by Crippen LogP contribution is -2.34. The summed E-state index contributed by atoms with van der Waals surface area (Å²) in [5.41, 5.74) is 1.75. The lowest BCUT2D eigenvalue weighted by atomic mass is 10.1. The van der Waals surface area contributed by atoms with Gasteiger partial charge < -0.3 is 18.8 Å². The average molecular weight is 439 g/mol. The molecule has 4 rings (SSSR count). The lowest BCUT2D eigenvalue weighted by Gasteiger charge is -2.24. The molecule has 1 aliphatic rings. The van der Waals surface area contributed by atoms with E-state index >= 15 is 0 Å². The Morgan fingerprint density at radius 3 is 2.81 bits per heavy atom. The topological polar surface area (TPSA) is 93.9 Å². The van der Waals surface area contributed by atoms with E-state index in [1.54, 1.807) is 49.5 Å². The largest absolute Gasteiger partial charge is 0.493 e. The van der Waals surface area contributed by atoms with Crippen LogP contribution in [0.25, 0.3) is 6.08 Å². The predicted molar refractivity (Wildman–Crippen MR) is 116 cm³/mol. The summed E-state index contributed by atoms with van der Waals surface area (Å²) in [6, 6.07) is 8.71. The van der Waals surface area contributed by atoms with Crippen LogP contribution in [0.2, 0.25) is 0 Å². The number of carbonyl (C=O) groups excluding carboxylic acids is 2. The van der Waals surface area contributed by atoms with Crippen molar-refractivity contribution in [2.45, 2.75) is 13.0 Å². The molecule has 3 aromatic rings. The molecule has 1 N–H and O–H groups in total. The minimum absolute atomic E-state index is 0.0880. The summed E-state index contributed by atoms with van der Waals surface area (Å²) in [6.07, 6.45) is 5.38. The number of rotatable bonds is 6. The van der Waals surface area contributed by atoms with E-state index in [1.807, 2.05) is 12.1 Å². The summed E-state index contributed by atoms with van der Waals surface area (Å²) >= 11 is 1.37. The Balaban J connectivity index is 1.40. The van der Waals surface area contributed by atoms with Crippen LogP contribution in [0.15, 0.2) is 47.1 Å². The maximum Gasteiger partial charge on any atom is 0.293 e. The van der Waals surface area contributed by atoms with Gasteiger partial charge in [0.15, 0.2) is 22.4 Å². The van der Waals surface area contributed by atoms with Crippen molar-refractivity contribution in [2.24, 2.45) is 0 Å². The first-order chi connectivity index (χ1) is 15.1. The normalized spacial score (nSPS) is 13.2. The fourth-order valence-electron chi connectivity index (χ4n) is 3.23. The van der Waals surface area contributed by atoms with E-state index in [0.717, 1.165) is 16.1 Å². The molecule has 0 atom stereocenters. The van der Waals surface area contributed by atoms with Crippen molar-refractivity contribution in [3.05, 3.63) is 64.6 Å². The zero-order valence-corrected chi connectivity index (χ0v) is 17.9. The third-order valence-corrected chi connectivity index (χ3v) is 5.83. The van der Waals surface area contributed by atoms with Crippen LogP contribution in [0.5, 0.6) is 11.5 Å². The van der Waals surface area contributed by atoms with Gasteiger partial charge in [-0.1, -0.05) is 17.4 Å². The number of hydrogen-bond donors (Lipinski definition) is 1. The quantitative estimate of drug-likeness (QED) is 0.590. The molecule has 8 nitrogen and oxygen atoms in total. The highest BCUT2D eigenvalue weighted by atomic mass is 32.1. The van der Waals surface area contributed by atoms with Crippen LogP contribution in [0, 0.1) is 0 Å². The summed E-state index contributed by atoms with van der Waals surface area (Å²) in [7, 11) is 3.15. The number of methoxy groups -OCH3 is 2. The molecule has 0 saturated heterocycles. The summed E-state index contributed by atoms with van der Waals surface area (Å²) < 4.78 is 15.6. The molecule has 31 heavy (non-hydrogen) atoms. The summed E-state index contributed by atoms with van der Waals surface area (Å²) in [5, 5.41) is 3.25. The number of aromatic nitrogens is 1. The van der Waals surface area contributed by atoms with Gasteiger partial charge in [-0.3, -0.25) is 14.9 Å². The van der Waals surface area contributed by atoms with Crippen molar-refractivity contribution < 1.29 is 23.5 Å². The number of carbonyl (C=O) groups is 2. The number of anilines is 1. The van der Waals surface area contributed by atoms with Crippen molar-refractivity contribution in [3.63, 3.8) is 0 Å². The molecule has 2 aromatic heterocycles. The fourth-order valence-corrected chi connectivity index (χ4v) is 4.25. The minimum Gasteiger partial charge on any atom is -0.493 e. The van der Waals surface area contributed by atoms with Crippen LogP contribution in [0.1, 0.15) is 26.7 Å². The highest BCUT2D eigenvalue weighted by Gasteiger charge is 2.24. The molecule has 1 aliphatic heterocycles. The van der Waals surface area contributed by atoms with Gasteiger partial charge >= 0.3 is 0 Å². The number of benzene rings is 1. The smallest absolute Gasteiger partial charge is 0.293 e. The number of fused-ring (bicyclic) bond motifs is 1. The second-order valence-corrected chi connectivity index (χ2v) is 7.86. The molecule has 0 bridgehead atoms. The number of nitrogens with one attached hydrogen (secondary N) is 1. The molecule has 2 amide bonds. The van der Waals surface area contributed by atoms with E-state index in [2.05, 4.69) is 10.3 Å². The molecular formula is C22H21N3O5S. The predicted octanol–water partition coefficient (Wildman–Crippen LogP) is 3.60. The van der Waals surface area contributed by atoms with Crippen LogP contribution in [-0.4, -0.2) is 42.5 Å². The molecule has 160 valence electrons. The highest BCUT2D eigenvalue weighted by Crippen LogP contribution is 2.30. The Kier molecular flexibility index (Phi) is 6.03. The van der Waals surface area contributed by atoms with Crippen molar-refractivity contribution in [2.75, 3.05) is 26.1 Å². The van der Waals surface area contributed by atoms with Gasteiger partial charge in [0.05, 0.1) is 32.7 Å². The Hall–Kier alpha value is -3.59. The number of furan rings is 1. The van der Waals surface area contributed by atoms with Gasteiger partial charge in [0.1, 0.15) is 0 Å². The zero-order chi connectivity index (χ0) is 21.8. The third-order valence-electron chi connectivity index (χ3n) is 4.83. The zero-order valence-electron chi connectivity index (χ0n) is 17.1. The average Bonchev–Trinajstić information content (AvgIpc) is 3.46. The van der Waals surface area contributed by atoms with Gasteiger partial charge in [-0.25, -0.2) is 4.98 Å². The van der Waals surface area contributed by atoms with Crippen LogP contribution in [-0.2, 0) is 17.8 Å². The molecule has 0 aliphatic carbocycles. The second-order valence-electron chi connectivity index (χ2n) is 6.78. The first-order valence-corrected chi connectivity index (χ1v) is 10.4. The van der Waals surface area contributed by atoms with Gasteiger partial charge in [-0.15, -0.1) is 0 Å². The van der Waals surface area contributed by atoms with Gasteiger partial charge in [-0.05, 0) is 35.9 Å². The van der Waals surface area contributed by atoms with Crippen LogP contribution < -0.4 is 14.8 Å². The van der Waals surface area contributed by atoms with Gasteiger partial charge in [0.2, 0.25) is 5.91 Å². The first-order valence-electron chi connectivity index (χ1n) is 9.60. The standard InChI is InChI=1S/C22H21N3O5S/c1-28-16-7-5-14(12-18(16)29-2)6-8-20(26)25-10-9-15-19(13-25)31-22(23-15)24-21(27)17-4-3-11-30-17/h3-8,11-12H,9-10,13H2,1-2H3,(H,23,24,27). The van der Waals surface area contributed by atoms with Crippen LogP contribution in [0.4, 0.5) is 5.13 Å². The summed E-state index contributed by atoms with van der Waals surface area (Å²) in [4.78, 5) is 32.0. The number of ether oxygens (including phenoxy) is 2. The van der Waals surface area contributed by atoms with Crippen molar-refractivity contribution in [3.8, 4) is 11.5 Å². The van der Waals surface area contributed by atoms with Crippen molar-refractivity contribution >= 4 is 34.4 Å². The van der Waals surface area contributed by atoms with E-state index < -0.39 is 0 Å². The van der Waals surface area contributed by atoms with Crippen molar-refractivity contribution in [1.29, 1.82) is 0 Å². The van der Waals surface area contributed by atoms with E-state index in [9.17, 15) is 9.59 Å².